The van der Waals surface area contributed by atoms with Gasteiger partial charge in [0.05, 0.1) is 24.0 Å². The number of nitrogens with two attached hydrogens (primary N) is 1. The summed E-state index contributed by atoms with van der Waals surface area (Å²) in [5, 5.41) is 3.41. The number of rotatable bonds is 4. The molecule has 0 aromatic heterocycles. The number of nitrogens with one attached hydrogen (secondary N) is 1. The maximum absolute atomic E-state index is 11.6. The minimum atomic E-state index is -0.355. The SMILES string of the molecule is COC(=O)c1ccc(N)c(NC(C)C2CCOCC2)c1. The van der Waals surface area contributed by atoms with Gasteiger partial charge in [-0.15, -0.1) is 0 Å². The van der Waals surface area contributed by atoms with E-state index in [-0.39, 0.29) is 12.0 Å². The Balaban J connectivity index is 2.09. The van der Waals surface area contributed by atoms with Crippen molar-refractivity contribution in [3.05, 3.63) is 23.8 Å². The van der Waals surface area contributed by atoms with Gasteiger partial charge < -0.3 is 20.5 Å². The molecule has 20 heavy (non-hydrogen) atoms. The van der Waals surface area contributed by atoms with E-state index in [1.807, 2.05) is 0 Å². The number of carbonyl (C=O) groups is 1. The number of hydrogen-bond donors (Lipinski definition) is 2. The Morgan fingerprint density at radius 3 is 2.80 bits per heavy atom. The van der Waals surface area contributed by atoms with Gasteiger partial charge in [0, 0.05) is 19.3 Å². The highest BCUT2D eigenvalue weighted by Crippen LogP contribution is 2.26. The van der Waals surface area contributed by atoms with Gasteiger partial charge in [-0.25, -0.2) is 4.79 Å². The normalized spacial score (nSPS) is 17.5. The molecule has 1 aromatic rings. The summed E-state index contributed by atoms with van der Waals surface area (Å²) in [6.07, 6.45) is 2.09. The van der Waals surface area contributed by atoms with Crippen LogP contribution >= 0.6 is 0 Å². The fourth-order valence-electron chi connectivity index (χ4n) is 2.51. The van der Waals surface area contributed by atoms with Gasteiger partial charge >= 0.3 is 5.97 Å². The molecular formula is C15H22N2O3. The molecule has 1 fully saturated rings. The molecule has 0 amide bonds. The lowest BCUT2D eigenvalue weighted by atomic mass is 9.92. The monoisotopic (exact) mass is 278 g/mol. The molecule has 1 aliphatic rings. The number of hydrogen-bond acceptors (Lipinski definition) is 5. The highest BCUT2D eigenvalue weighted by atomic mass is 16.5. The third-order valence-electron chi connectivity index (χ3n) is 3.83. The molecular weight excluding hydrogens is 256 g/mol. The average molecular weight is 278 g/mol. The molecule has 1 aliphatic heterocycles. The Morgan fingerprint density at radius 2 is 2.15 bits per heavy atom. The van der Waals surface area contributed by atoms with Crippen LogP contribution in [0, 0.1) is 5.92 Å². The summed E-state index contributed by atoms with van der Waals surface area (Å²) >= 11 is 0. The van der Waals surface area contributed by atoms with E-state index >= 15 is 0 Å². The number of methoxy groups -OCH3 is 1. The molecule has 1 atom stereocenters. The Bertz CT molecular complexity index is 470. The van der Waals surface area contributed by atoms with Crippen molar-refractivity contribution in [2.24, 2.45) is 5.92 Å². The molecule has 0 aliphatic carbocycles. The smallest absolute Gasteiger partial charge is 0.337 e. The molecule has 1 saturated heterocycles. The van der Waals surface area contributed by atoms with Crippen LogP contribution in [0.4, 0.5) is 11.4 Å². The van der Waals surface area contributed by atoms with Crippen LogP contribution in [0.1, 0.15) is 30.1 Å². The van der Waals surface area contributed by atoms with E-state index in [9.17, 15) is 4.79 Å². The van der Waals surface area contributed by atoms with Gasteiger partial charge in [-0.3, -0.25) is 0 Å². The van der Waals surface area contributed by atoms with Crippen LogP contribution in [-0.2, 0) is 9.47 Å². The highest BCUT2D eigenvalue weighted by molar-refractivity contribution is 5.91. The summed E-state index contributed by atoms with van der Waals surface area (Å²) in [6, 6.07) is 5.43. The minimum Gasteiger partial charge on any atom is -0.465 e. The van der Waals surface area contributed by atoms with Crippen LogP contribution in [0.3, 0.4) is 0 Å². The second kappa shape index (κ2) is 6.61. The molecule has 5 nitrogen and oxygen atoms in total. The summed E-state index contributed by atoms with van der Waals surface area (Å²) < 4.78 is 10.1. The standard InChI is InChI=1S/C15H22N2O3/c1-10(11-5-7-20-8-6-11)17-14-9-12(15(18)19-2)3-4-13(14)16/h3-4,9-11,17H,5-8,16H2,1-2H3. The largest absolute Gasteiger partial charge is 0.465 e. The molecule has 1 unspecified atom stereocenters. The van der Waals surface area contributed by atoms with Gasteiger partial charge in [0.15, 0.2) is 0 Å². The van der Waals surface area contributed by atoms with Gasteiger partial charge in [-0.1, -0.05) is 0 Å². The van der Waals surface area contributed by atoms with Gasteiger partial charge in [0.1, 0.15) is 0 Å². The van der Waals surface area contributed by atoms with Crippen LogP contribution < -0.4 is 11.1 Å². The Kier molecular flexibility index (Phi) is 4.84. The van der Waals surface area contributed by atoms with Crippen molar-refractivity contribution in [3.8, 4) is 0 Å². The van der Waals surface area contributed by atoms with Gasteiger partial charge in [-0.2, -0.15) is 0 Å². The molecule has 1 heterocycles. The molecule has 5 heteroatoms. The quantitative estimate of drug-likeness (QED) is 0.653. The predicted molar refractivity (Wildman–Crippen MR) is 78.8 cm³/mol. The average Bonchev–Trinajstić information content (AvgIpc) is 2.49. The lowest BCUT2D eigenvalue weighted by Gasteiger charge is -2.29. The Hall–Kier alpha value is -1.75. The van der Waals surface area contributed by atoms with E-state index in [0.717, 1.165) is 31.7 Å². The third kappa shape index (κ3) is 3.42. The van der Waals surface area contributed by atoms with E-state index in [1.165, 1.54) is 7.11 Å². The number of ether oxygens (including phenoxy) is 2. The van der Waals surface area contributed by atoms with Gasteiger partial charge in [0.25, 0.3) is 0 Å². The molecule has 0 saturated carbocycles. The first-order valence-electron chi connectivity index (χ1n) is 6.94. The zero-order valence-electron chi connectivity index (χ0n) is 12.0. The molecule has 0 radical (unpaired) electrons. The molecule has 2 rings (SSSR count). The van der Waals surface area contributed by atoms with E-state index in [2.05, 4.69) is 12.2 Å². The predicted octanol–water partition coefficient (Wildman–Crippen LogP) is 2.28. The van der Waals surface area contributed by atoms with Crippen molar-refractivity contribution in [2.75, 3.05) is 31.4 Å². The molecule has 3 N–H and O–H groups in total. The van der Waals surface area contributed by atoms with E-state index in [0.29, 0.717) is 17.2 Å². The number of nitrogen functional groups attached to an aromatic ring is 1. The topological polar surface area (TPSA) is 73.6 Å². The third-order valence-corrected chi connectivity index (χ3v) is 3.83. The summed E-state index contributed by atoms with van der Waals surface area (Å²) in [5.41, 5.74) is 7.89. The van der Waals surface area contributed by atoms with E-state index in [4.69, 9.17) is 15.2 Å². The van der Waals surface area contributed by atoms with Gasteiger partial charge in [0.2, 0.25) is 0 Å². The number of carbonyl (C=O) groups excluding carboxylic acids is 1. The first-order valence-corrected chi connectivity index (χ1v) is 6.94. The zero-order valence-corrected chi connectivity index (χ0v) is 12.0. The zero-order chi connectivity index (χ0) is 14.5. The maximum atomic E-state index is 11.6. The molecule has 110 valence electrons. The fraction of sp³-hybridized carbons (Fsp3) is 0.533. The first-order chi connectivity index (χ1) is 9.61. The van der Waals surface area contributed by atoms with Crippen molar-refractivity contribution >= 4 is 17.3 Å². The van der Waals surface area contributed by atoms with E-state index < -0.39 is 0 Å². The maximum Gasteiger partial charge on any atom is 0.337 e. The summed E-state index contributed by atoms with van der Waals surface area (Å²) in [6.45, 7) is 3.77. The van der Waals surface area contributed by atoms with Crippen LogP contribution in [-0.4, -0.2) is 32.3 Å². The van der Waals surface area contributed by atoms with Gasteiger partial charge in [-0.05, 0) is 43.9 Å². The van der Waals surface area contributed by atoms with Crippen molar-refractivity contribution in [3.63, 3.8) is 0 Å². The molecule has 0 spiro atoms. The van der Waals surface area contributed by atoms with Crippen molar-refractivity contribution < 1.29 is 14.3 Å². The Labute approximate surface area is 119 Å². The van der Waals surface area contributed by atoms with Crippen molar-refractivity contribution in [2.45, 2.75) is 25.8 Å². The highest BCUT2D eigenvalue weighted by Gasteiger charge is 2.21. The number of anilines is 2. The summed E-state index contributed by atoms with van der Waals surface area (Å²) in [4.78, 5) is 11.6. The molecule has 1 aromatic carbocycles. The molecule has 0 bridgehead atoms. The van der Waals surface area contributed by atoms with Crippen LogP contribution in [0.5, 0.6) is 0 Å². The van der Waals surface area contributed by atoms with Crippen LogP contribution in [0.25, 0.3) is 0 Å². The fourth-order valence-corrected chi connectivity index (χ4v) is 2.51. The van der Waals surface area contributed by atoms with Crippen LogP contribution in [0.15, 0.2) is 18.2 Å². The number of benzene rings is 1. The second-order valence-corrected chi connectivity index (χ2v) is 5.18. The Morgan fingerprint density at radius 1 is 1.45 bits per heavy atom. The lowest BCUT2D eigenvalue weighted by Crippen LogP contribution is -2.31. The van der Waals surface area contributed by atoms with Crippen molar-refractivity contribution in [1.29, 1.82) is 0 Å². The second-order valence-electron chi connectivity index (χ2n) is 5.18. The summed E-state index contributed by atoms with van der Waals surface area (Å²) in [5.74, 6) is 0.205. The van der Waals surface area contributed by atoms with Crippen LogP contribution in [0.2, 0.25) is 0 Å². The number of esters is 1. The van der Waals surface area contributed by atoms with E-state index in [1.54, 1.807) is 18.2 Å². The minimum absolute atomic E-state index is 0.286. The first kappa shape index (κ1) is 14.7. The lowest BCUT2D eigenvalue weighted by molar-refractivity contribution is 0.0601. The van der Waals surface area contributed by atoms with Crippen molar-refractivity contribution in [1.82, 2.24) is 0 Å². The summed E-state index contributed by atoms with van der Waals surface area (Å²) in [7, 11) is 1.37.